The number of hydrogen-bond acceptors (Lipinski definition) is 4. The summed E-state index contributed by atoms with van der Waals surface area (Å²) in [5, 5.41) is -0.380. The summed E-state index contributed by atoms with van der Waals surface area (Å²) in [6.07, 6.45) is -4.61. The van der Waals surface area contributed by atoms with Crippen LogP contribution in [0.4, 0.5) is 18.9 Å². The molecule has 0 aromatic heterocycles. The summed E-state index contributed by atoms with van der Waals surface area (Å²) < 4.78 is 75.0. The molecule has 1 radical (unpaired) electrons. The molecule has 0 saturated carbocycles. The fraction of sp³-hybridized carbons (Fsp3) is 0.0769. The Morgan fingerprint density at radius 3 is 2.20 bits per heavy atom. The van der Waals surface area contributed by atoms with Crippen molar-refractivity contribution in [2.45, 2.75) is 11.1 Å². The molecule has 0 saturated heterocycles. The summed E-state index contributed by atoms with van der Waals surface area (Å²) in [5.74, 6) is -0.799. The van der Waals surface area contributed by atoms with E-state index in [1.54, 1.807) is 0 Å². The van der Waals surface area contributed by atoms with E-state index in [4.69, 9.17) is 33.7 Å². The van der Waals surface area contributed by atoms with Crippen molar-refractivity contribution < 1.29 is 30.9 Å². The second-order valence-electron chi connectivity index (χ2n) is 4.54. The maximum Gasteiger partial charge on any atom is 0.416 e. The predicted octanol–water partition coefficient (Wildman–Crippen LogP) is 4.25. The van der Waals surface area contributed by atoms with Gasteiger partial charge in [0.2, 0.25) is 0 Å². The van der Waals surface area contributed by atoms with Crippen LogP contribution < -0.4 is 10.5 Å². The molecule has 0 fully saturated rings. The van der Waals surface area contributed by atoms with E-state index in [1.807, 2.05) is 0 Å². The van der Waals surface area contributed by atoms with Crippen molar-refractivity contribution >= 4 is 68.6 Å². The first kappa shape index (κ1) is 22.4. The van der Waals surface area contributed by atoms with Crippen molar-refractivity contribution in [2.24, 2.45) is 0 Å². The van der Waals surface area contributed by atoms with Crippen LogP contribution in [0, 0.1) is 0 Å². The van der Waals surface area contributed by atoms with Crippen LogP contribution in [0.1, 0.15) is 5.56 Å². The summed E-state index contributed by atoms with van der Waals surface area (Å²) in [5.41, 5.74) is 4.08. The van der Waals surface area contributed by atoms with E-state index < -0.39 is 38.2 Å². The molecule has 3 N–H and O–H groups in total. The molecule has 12 heteroatoms. The van der Waals surface area contributed by atoms with Gasteiger partial charge in [-0.25, -0.2) is 0 Å². The van der Waals surface area contributed by atoms with Crippen LogP contribution in [-0.2, 0) is 16.3 Å². The molecule has 0 unspecified atom stereocenters. The molecule has 25 heavy (non-hydrogen) atoms. The Balaban J connectivity index is 0.00000312. The van der Waals surface area contributed by atoms with E-state index in [1.165, 1.54) is 0 Å². The van der Waals surface area contributed by atoms with E-state index in [0.29, 0.717) is 12.1 Å². The normalized spacial score (nSPS) is 11.8. The molecule has 0 heterocycles. The van der Waals surface area contributed by atoms with Crippen LogP contribution in [-0.4, -0.2) is 42.5 Å². The third kappa shape index (κ3) is 5.40. The van der Waals surface area contributed by atoms with E-state index in [9.17, 15) is 26.1 Å². The second kappa shape index (κ2) is 7.91. The van der Waals surface area contributed by atoms with Gasteiger partial charge in [0.05, 0.1) is 16.3 Å². The average Bonchev–Trinajstić information content (AvgIpc) is 2.40. The average molecular weight is 425 g/mol. The number of benzene rings is 2. The number of alkyl halides is 3. The quantitative estimate of drug-likeness (QED) is 0.436. The second-order valence-corrected chi connectivity index (χ2v) is 6.78. The minimum Gasteiger partial charge on any atom is -0.452 e. The van der Waals surface area contributed by atoms with Gasteiger partial charge in [0, 0.05) is 34.6 Å². The Morgan fingerprint density at radius 1 is 1.12 bits per heavy atom. The standard InChI is InChI=1S/C13H8Cl2F3NO4S.Na/c14-7-4-8(15)12(11(5-7)24(20,21)22)23-10-2-1-6(3-9(10)19)13(16,17)18;/h1-5H,19H2,(H,20,21,22);. The van der Waals surface area contributed by atoms with Crippen LogP contribution in [0.2, 0.25) is 10.0 Å². The summed E-state index contributed by atoms with van der Waals surface area (Å²) in [6.45, 7) is 0. The maximum absolute atomic E-state index is 12.6. The van der Waals surface area contributed by atoms with Crippen LogP contribution in [0.3, 0.4) is 0 Å². The van der Waals surface area contributed by atoms with Gasteiger partial charge in [-0.1, -0.05) is 23.2 Å². The number of rotatable bonds is 3. The Morgan fingerprint density at radius 2 is 1.72 bits per heavy atom. The smallest absolute Gasteiger partial charge is 0.416 e. The zero-order valence-electron chi connectivity index (χ0n) is 12.4. The molecule has 0 aliphatic heterocycles. The van der Waals surface area contributed by atoms with Gasteiger partial charge < -0.3 is 10.5 Å². The third-order valence-corrected chi connectivity index (χ3v) is 4.16. The fourth-order valence-corrected chi connectivity index (χ4v) is 3.07. The number of halogens is 5. The summed E-state index contributed by atoms with van der Waals surface area (Å²) >= 11 is 11.5. The molecule has 5 nitrogen and oxygen atoms in total. The van der Waals surface area contributed by atoms with Crippen molar-refractivity contribution in [3.8, 4) is 11.5 Å². The monoisotopic (exact) mass is 424 g/mol. The van der Waals surface area contributed by atoms with Gasteiger partial charge in [0.1, 0.15) is 10.6 Å². The minimum absolute atomic E-state index is 0. The van der Waals surface area contributed by atoms with Gasteiger partial charge in [0.15, 0.2) is 5.75 Å². The Labute approximate surface area is 172 Å². The van der Waals surface area contributed by atoms with Crippen molar-refractivity contribution in [3.05, 3.63) is 45.9 Å². The molecular weight excluding hydrogens is 417 g/mol. The van der Waals surface area contributed by atoms with Crippen LogP contribution >= 0.6 is 23.2 Å². The van der Waals surface area contributed by atoms with Crippen molar-refractivity contribution in [1.29, 1.82) is 0 Å². The summed E-state index contributed by atoms with van der Waals surface area (Å²) in [4.78, 5) is -0.751. The van der Waals surface area contributed by atoms with Crippen LogP contribution in [0.25, 0.3) is 0 Å². The van der Waals surface area contributed by atoms with Crippen LogP contribution in [0.5, 0.6) is 11.5 Å². The number of anilines is 1. The van der Waals surface area contributed by atoms with Crippen molar-refractivity contribution in [1.82, 2.24) is 0 Å². The van der Waals surface area contributed by atoms with Crippen molar-refractivity contribution in [2.75, 3.05) is 5.73 Å². The van der Waals surface area contributed by atoms with Gasteiger partial charge in [-0.3, -0.25) is 4.55 Å². The topological polar surface area (TPSA) is 89.6 Å². The molecule has 0 spiro atoms. The number of ether oxygens (including phenoxy) is 1. The number of hydrogen-bond donors (Lipinski definition) is 2. The molecule has 131 valence electrons. The molecule has 0 atom stereocenters. The zero-order chi connectivity index (χ0) is 18.3. The van der Waals surface area contributed by atoms with Gasteiger partial charge in [-0.05, 0) is 30.3 Å². The molecule has 0 aliphatic rings. The Bertz CT molecular complexity index is 907. The van der Waals surface area contributed by atoms with Gasteiger partial charge in [-0.2, -0.15) is 21.6 Å². The molecule has 2 aromatic rings. The first-order valence-corrected chi connectivity index (χ1v) is 8.20. The molecule has 0 aliphatic carbocycles. The molecule has 0 bridgehead atoms. The van der Waals surface area contributed by atoms with Crippen LogP contribution in [0.15, 0.2) is 35.2 Å². The van der Waals surface area contributed by atoms with Gasteiger partial charge >= 0.3 is 6.18 Å². The number of nitrogens with two attached hydrogens (primary N) is 1. The molecule has 2 aromatic carbocycles. The van der Waals surface area contributed by atoms with Crippen molar-refractivity contribution in [3.63, 3.8) is 0 Å². The fourth-order valence-electron chi connectivity index (χ4n) is 1.76. The van der Waals surface area contributed by atoms with E-state index in [2.05, 4.69) is 0 Å². The first-order valence-electron chi connectivity index (χ1n) is 6.00. The van der Waals surface area contributed by atoms with Gasteiger partial charge in [-0.15, -0.1) is 0 Å². The molecular formula is C13H8Cl2F3NNaO4S. The largest absolute Gasteiger partial charge is 0.452 e. The number of nitrogen functional groups attached to an aromatic ring is 1. The van der Waals surface area contributed by atoms with Gasteiger partial charge in [0.25, 0.3) is 10.1 Å². The summed E-state index contributed by atoms with van der Waals surface area (Å²) in [7, 11) is -4.76. The summed E-state index contributed by atoms with van der Waals surface area (Å²) in [6, 6.07) is 4.22. The maximum atomic E-state index is 12.6. The molecule has 0 amide bonds. The predicted molar refractivity (Wildman–Crippen MR) is 88.0 cm³/mol. The van der Waals surface area contributed by atoms with E-state index in [-0.39, 0.29) is 45.4 Å². The van der Waals surface area contributed by atoms with E-state index >= 15 is 0 Å². The Kier molecular flexibility index (Phi) is 7.08. The minimum atomic E-state index is -4.76. The van der Waals surface area contributed by atoms with E-state index in [0.717, 1.165) is 18.2 Å². The third-order valence-electron chi connectivity index (χ3n) is 2.80. The zero-order valence-corrected chi connectivity index (χ0v) is 16.8. The SMILES string of the molecule is Nc1cc(C(F)(F)F)ccc1Oc1c(Cl)cc(Cl)cc1S(=O)(=O)O.[Na]. The Hall–Kier alpha value is -0.680. The first-order chi connectivity index (χ1) is 10.9. The molecule has 2 rings (SSSR count).